The van der Waals surface area contributed by atoms with Crippen LogP contribution in [0.5, 0.6) is 0 Å². The summed E-state index contributed by atoms with van der Waals surface area (Å²) in [5, 5.41) is 11.8. The largest absolute Gasteiger partial charge is 0.419 e. The molecule has 5 heteroatoms. The van der Waals surface area contributed by atoms with Gasteiger partial charge in [0, 0.05) is 10.0 Å². The molecule has 1 aliphatic carbocycles. The first-order valence-electron chi connectivity index (χ1n) is 7.05. The van der Waals surface area contributed by atoms with Gasteiger partial charge in [0.25, 0.3) is 0 Å². The zero-order valence-corrected chi connectivity index (χ0v) is 13.1. The minimum absolute atomic E-state index is 0.294. The summed E-state index contributed by atoms with van der Waals surface area (Å²) in [6.07, 6.45) is 4.95. The van der Waals surface area contributed by atoms with Crippen LogP contribution in [0.2, 0.25) is 0 Å². The molecular weight excluding hydrogens is 318 g/mol. The molecule has 106 valence electrons. The fourth-order valence-electron chi connectivity index (χ4n) is 2.59. The van der Waals surface area contributed by atoms with Crippen LogP contribution in [-0.2, 0) is 6.54 Å². The maximum Gasteiger partial charge on any atom is 0.248 e. The van der Waals surface area contributed by atoms with Crippen LogP contribution in [0.4, 0.5) is 0 Å². The van der Waals surface area contributed by atoms with Gasteiger partial charge in [-0.2, -0.15) is 0 Å². The zero-order valence-electron chi connectivity index (χ0n) is 11.5. The molecule has 1 aromatic carbocycles. The summed E-state index contributed by atoms with van der Waals surface area (Å²) in [6.45, 7) is 2.87. The highest BCUT2D eigenvalue weighted by Gasteiger charge is 2.34. The highest BCUT2D eigenvalue weighted by molar-refractivity contribution is 9.10. The lowest BCUT2D eigenvalue weighted by molar-refractivity contribution is 0.170. The topological polar surface area (TPSA) is 51.0 Å². The number of nitrogens with one attached hydrogen (secondary N) is 1. The summed E-state index contributed by atoms with van der Waals surface area (Å²) in [5.41, 5.74) is 1.22. The van der Waals surface area contributed by atoms with Crippen LogP contribution in [0.3, 0.4) is 0 Å². The summed E-state index contributed by atoms with van der Waals surface area (Å²) >= 11 is 3.50. The Labute approximate surface area is 127 Å². The van der Waals surface area contributed by atoms with Crippen LogP contribution < -0.4 is 5.32 Å². The van der Waals surface area contributed by atoms with E-state index < -0.39 is 0 Å². The van der Waals surface area contributed by atoms with Gasteiger partial charge in [-0.15, -0.1) is 10.2 Å². The van der Waals surface area contributed by atoms with Gasteiger partial charge in [0.15, 0.2) is 0 Å². The Balaban J connectivity index is 1.70. The minimum atomic E-state index is 0.294. The number of aromatic nitrogens is 2. The molecule has 3 rings (SSSR count). The van der Waals surface area contributed by atoms with Crippen molar-refractivity contribution in [2.45, 2.75) is 44.7 Å². The van der Waals surface area contributed by atoms with Crippen molar-refractivity contribution < 1.29 is 4.42 Å². The summed E-state index contributed by atoms with van der Waals surface area (Å²) in [7, 11) is 0. The van der Waals surface area contributed by atoms with Crippen molar-refractivity contribution in [3.63, 3.8) is 0 Å². The second-order valence-corrected chi connectivity index (χ2v) is 6.18. The lowest BCUT2D eigenvalue weighted by Crippen LogP contribution is -2.49. The van der Waals surface area contributed by atoms with E-state index in [2.05, 4.69) is 38.4 Å². The molecule has 1 N–H and O–H groups in total. The van der Waals surface area contributed by atoms with Gasteiger partial charge >= 0.3 is 0 Å². The van der Waals surface area contributed by atoms with E-state index in [4.69, 9.17) is 4.42 Å². The van der Waals surface area contributed by atoms with Gasteiger partial charge < -0.3 is 9.73 Å². The van der Waals surface area contributed by atoms with Gasteiger partial charge in [0.05, 0.1) is 12.1 Å². The second kappa shape index (κ2) is 5.66. The van der Waals surface area contributed by atoms with E-state index >= 15 is 0 Å². The molecule has 1 saturated carbocycles. The molecule has 0 amide bonds. The van der Waals surface area contributed by atoms with Crippen LogP contribution >= 0.6 is 15.9 Å². The van der Waals surface area contributed by atoms with E-state index in [9.17, 15) is 0 Å². The molecule has 1 fully saturated rings. The van der Waals surface area contributed by atoms with E-state index in [-0.39, 0.29) is 0 Å². The summed E-state index contributed by atoms with van der Waals surface area (Å²) in [6, 6.07) is 7.86. The number of benzene rings is 1. The van der Waals surface area contributed by atoms with Crippen LogP contribution in [0.15, 0.2) is 33.2 Å². The van der Waals surface area contributed by atoms with E-state index in [1.807, 2.05) is 24.3 Å². The molecule has 0 spiro atoms. The van der Waals surface area contributed by atoms with Crippen molar-refractivity contribution in [1.82, 2.24) is 15.5 Å². The Bertz CT molecular complexity index is 587. The highest BCUT2D eigenvalue weighted by Crippen LogP contribution is 2.35. The number of halogens is 1. The van der Waals surface area contributed by atoms with Gasteiger partial charge in [0.2, 0.25) is 11.8 Å². The zero-order chi connectivity index (χ0) is 14.0. The Hall–Kier alpha value is -1.20. The van der Waals surface area contributed by atoms with Crippen LogP contribution in [-0.4, -0.2) is 15.7 Å². The molecule has 0 bridgehead atoms. The fourth-order valence-corrected chi connectivity index (χ4v) is 3.04. The van der Waals surface area contributed by atoms with E-state index in [1.165, 1.54) is 19.3 Å². The molecule has 4 nitrogen and oxygen atoms in total. The Morgan fingerprint density at radius 2 is 2.10 bits per heavy atom. The van der Waals surface area contributed by atoms with Gasteiger partial charge in [0.1, 0.15) is 0 Å². The summed E-state index contributed by atoms with van der Waals surface area (Å²) in [4.78, 5) is 0. The third-order valence-corrected chi connectivity index (χ3v) is 4.86. The van der Waals surface area contributed by atoms with Gasteiger partial charge in [-0.25, -0.2) is 0 Å². The second-order valence-electron chi connectivity index (χ2n) is 5.32. The van der Waals surface area contributed by atoms with Crippen molar-refractivity contribution in [2.24, 2.45) is 0 Å². The molecule has 20 heavy (non-hydrogen) atoms. The quantitative estimate of drug-likeness (QED) is 0.899. The Morgan fingerprint density at radius 1 is 1.30 bits per heavy atom. The molecule has 0 saturated heterocycles. The summed E-state index contributed by atoms with van der Waals surface area (Å²) in [5.74, 6) is 1.21. The van der Waals surface area contributed by atoms with Gasteiger partial charge in [-0.05, 0) is 53.7 Å². The Morgan fingerprint density at radius 3 is 2.75 bits per heavy atom. The molecule has 0 aliphatic heterocycles. The molecule has 1 heterocycles. The predicted molar refractivity (Wildman–Crippen MR) is 81.1 cm³/mol. The van der Waals surface area contributed by atoms with Crippen LogP contribution in [0.1, 0.15) is 38.5 Å². The number of rotatable bonds is 5. The average Bonchev–Trinajstić information content (AvgIpc) is 2.87. The summed E-state index contributed by atoms with van der Waals surface area (Å²) < 4.78 is 6.71. The first kappa shape index (κ1) is 13.8. The van der Waals surface area contributed by atoms with Crippen molar-refractivity contribution in [2.75, 3.05) is 0 Å². The molecule has 2 aromatic rings. The number of nitrogens with zero attached hydrogens (tertiary/aromatic N) is 2. The Kier molecular flexibility index (Phi) is 3.89. The van der Waals surface area contributed by atoms with Crippen LogP contribution in [0, 0.1) is 0 Å². The number of hydrogen-bond acceptors (Lipinski definition) is 4. The first-order chi connectivity index (χ1) is 9.72. The first-order valence-corrected chi connectivity index (χ1v) is 7.84. The monoisotopic (exact) mass is 335 g/mol. The van der Waals surface area contributed by atoms with Crippen molar-refractivity contribution >= 4 is 15.9 Å². The van der Waals surface area contributed by atoms with E-state index in [0.717, 1.165) is 16.5 Å². The highest BCUT2D eigenvalue weighted by atomic mass is 79.9. The smallest absolute Gasteiger partial charge is 0.248 e. The fraction of sp³-hybridized carbons (Fsp3) is 0.467. The molecular formula is C15H18BrN3O. The van der Waals surface area contributed by atoms with Gasteiger partial charge in [-0.1, -0.05) is 19.1 Å². The third kappa shape index (κ3) is 2.65. The lowest BCUT2D eigenvalue weighted by atomic mass is 9.75. The molecule has 1 aromatic heterocycles. The minimum Gasteiger partial charge on any atom is -0.419 e. The molecule has 0 atom stereocenters. The van der Waals surface area contributed by atoms with E-state index in [1.54, 1.807) is 0 Å². The molecule has 0 unspecified atom stereocenters. The average molecular weight is 336 g/mol. The van der Waals surface area contributed by atoms with Gasteiger partial charge in [-0.3, -0.25) is 0 Å². The maximum absolute atomic E-state index is 5.74. The normalized spacial score (nSPS) is 16.9. The number of hydrogen-bond donors (Lipinski definition) is 1. The van der Waals surface area contributed by atoms with Crippen molar-refractivity contribution in [3.8, 4) is 11.5 Å². The van der Waals surface area contributed by atoms with E-state index in [0.29, 0.717) is 23.9 Å². The molecule has 0 radical (unpaired) electrons. The predicted octanol–water partition coefficient (Wildman–Crippen LogP) is 3.92. The third-order valence-electron chi connectivity index (χ3n) is 4.17. The SMILES string of the molecule is CCC1(NCc2nnc(-c3ccccc3Br)o2)CCC1. The lowest BCUT2D eigenvalue weighted by Gasteiger charge is -2.42. The van der Waals surface area contributed by atoms with Crippen LogP contribution in [0.25, 0.3) is 11.5 Å². The van der Waals surface area contributed by atoms with Crippen molar-refractivity contribution in [1.29, 1.82) is 0 Å². The maximum atomic E-state index is 5.74. The van der Waals surface area contributed by atoms with Crippen molar-refractivity contribution in [3.05, 3.63) is 34.6 Å². The molecule has 1 aliphatic rings. The standard InChI is InChI=1S/C15H18BrN3O/c1-2-15(8-5-9-15)17-10-13-18-19-14(20-13)11-6-3-4-7-12(11)16/h3-4,6-7,17H,2,5,8-10H2,1H3.